The van der Waals surface area contributed by atoms with Gasteiger partial charge in [0.05, 0.1) is 29.7 Å². The molecule has 0 spiro atoms. The lowest BCUT2D eigenvalue weighted by Crippen LogP contribution is -2.34. The highest BCUT2D eigenvalue weighted by Gasteiger charge is 2.43. The summed E-state index contributed by atoms with van der Waals surface area (Å²) in [5, 5.41) is 9.89. The molecule has 40 heavy (non-hydrogen) atoms. The van der Waals surface area contributed by atoms with Crippen molar-refractivity contribution < 1.29 is 24.1 Å². The first kappa shape index (κ1) is 25.5. The zero-order valence-electron chi connectivity index (χ0n) is 21.7. The summed E-state index contributed by atoms with van der Waals surface area (Å²) in [6.45, 7) is 5.51. The molecule has 12 heteroatoms. The van der Waals surface area contributed by atoms with Crippen LogP contribution in [0.1, 0.15) is 46.6 Å². The highest BCUT2D eigenvalue weighted by atomic mass is 35.5. The van der Waals surface area contributed by atoms with Crippen LogP contribution in [-0.2, 0) is 23.6 Å². The highest BCUT2D eigenvalue weighted by molar-refractivity contribution is 7.20. The number of fused-ring (bicyclic) bond motifs is 2. The van der Waals surface area contributed by atoms with E-state index in [2.05, 4.69) is 31.6 Å². The summed E-state index contributed by atoms with van der Waals surface area (Å²) in [7, 11) is 0. The minimum atomic E-state index is -1.14. The van der Waals surface area contributed by atoms with Gasteiger partial charge in [-0.15, -0.1) is 11.3 Å². The maximum atomic E-state index is 11.5. The van der Waals surface area contributed by atoms with Crippen molar-refractivity contribution in [1.82, 2.24) is 24.4 Å². The summed E-state index contributed by atoms with van der Waals surface area (Å²) in [6, 6.07) is 7.64. The van der Waals surface area contributed by atoms with Gasteiger partial charge in [0.25, 0.3) is 0 Å². The van der Waals surface area contributed by atoms with Crippen LogP contribution in [0.25, 0.3) is 15.9 Å². The van der Waals surface area contributed by atoms with E-state index < -0.39 is 11.8 Å². The summed E-state index contributed by atoms with van der Waals surface area (Å²) < 4.78 is 20.3. The molecule has 10 nitrogen and oxygen atoms in total. The number of hydrogen-bond acceptors (Lipinski definition) is 9. The van der Waals surface area contributed by atoms with Gasteiger partial charge in [-0.2, -0.15) is 0 Å². The molecule has 0 saturated carbocycles. The summed E-state index contributed by atoms with van der Waals surface area (Å²) in [5.41, 5.74) is 3.06. The van der Waals surface area contributed by atoms with Gasteiger partial charge in [0, 0.05) is 44.6 Å². The van der Waals surface area contributed by atoms with E-state index >= 15 is 0 Å². The highest BCUT2D eigenvalue weighted by Crippen LogP contribution is 2.48. The Morgan fingerprint density at radius 3 is 2.80 bits per heavy atom. The average molecular weight is 580 g/mol. The number of ether oxygens (including phenoxy) is 3. The fourth-order valence-electron chi connectivity index (χ4n) is 5.34. The molecule has 1 aromatic carbocycles. The molecule has 4 aromatic rings. The van der Waals surface area contributed by atoms with Crippen LogP contribution in [0.3, 0.4) is 0 Å². The van der Waals surface area contributed by atoms with Gasteiger partial charge in [-0.25, -0.2) is 19.7 Å². The number of carboxylic acids is 1. The number of benzene rings is 1. The Bertz CT molecular complexity index is 1650. The predicted molar refractivity (Wildman–Crippen MR) is 149 cm³/mol. The zero-order valence-corrected chi connectivity index (χ0v) is 23.2. The molecule has 2 atom stereocenters. The molecule has 3 aliphatic rings. The third-order valence-corrected chi connectivity index (χ3v) is 8.73. The molecule has 0 bridgehead atoms. The molecular weight excluding hydrogens is 554 g/mol. The van der Waals surface area contributed by atoms with Crippen LogP contribution in [0, 0.1) is 0 Å². The Hall–Kier alpha value is -3.51. The molecule has 0 amide bonds. The number of carboxylic acid groups (broad SMARTS) is 1. The molecule has 1 fully saturated rings. The summed E-state index contributed by atoms with van der Waals surface area (Å²) in [5.74, 6) is 0.616. The molecular formula is C28H26ClN5O5S. The second kappa shape index (κ2) is 9.84. The van der Waals surface area contributed by atoms with Gasteiger partial charge in [-0.05, 0) is 30.5 Å². The van der Waals surface area contributed by atoms with E-state index in [1.165, 1.54) is 29.3 Å². The lowest BCUT2D eigenvalue weighted by atomic mass is 9.98. The number of rotatable bonds is 7. The number of aromatic carboxylic acids is 1. The molecule has 6 heterocycles. The minimum Gasteiger partial charge on any atom is -0.477 e. The second-order valence-electron chi connectivity index (χ2n) is 10.2. The number of hydrogen-bond donors (Lipinski definition) is 1. The minimum absolute atomic E-state index is 0.142. The van der Waals surface area contributed by atoms with Crippen molar-refractivity contribution in [2.24, 2.45) is 0 Å². The summed E-state index contributed by atoms with van der Waals surface area (Å²) >= 11 is 7.18. The van der Waals surface area contributed by atoms with Crippen LogP contribution in [0.15, 0.2) is 42.7 Å². The van der Waals surface area contributed by atoms with Crippen LogP contribution < -0.4 is 9.47 Å². The van der Waals surface area contributed by atoms with E-state index in [9.17, 15) is 9.90 Å². The molecule has 1 saturated heterocycles. The Labute approximate surface area is 238 Å². The molecule has 2 unspecified atom stereocenters. The fourth-order valence-corrected chi connectivity index (χ4v) is 6.33. The lowest BCUT2D eigenvalue weighted by Gasteiger charge is -2.29. The van der Waals surface area contributed by atoms with Crippen molar-refractivity contribution in [3.8, 4) is 11.5 Å². The van der Waals surface area contributed by atoms with Gasteiger partial charge in [0.15, 0.2) is 11.5 Å². The monoisotopic (exact) mass is 579 g/mol. The number of nitrogens with zero attached hydrogens (tertiary/aromatic N) is 5. The van der Waals surface area contributed by atoms with Crippen molar-refractivity contribution in [2.45, 2.75) is 44.7 Å². The van der Waals surface area contributed by atoms with Crippen molar-refractivity contribution in [3.05, 3.63) is 69.8 Å². The van der Waals surface area contributed by atoms with E-state index in [1.807, 2.05) is 12.1 Å². The van der Waals surface area contributed by atoms with Crippen molar-refractivity contribution in [3.63, 3.8) is 0 Å². The first-order chi connectivity index (χ1) is 19.4. The molecule has 206 valence electrons. The molecule has 3 aromatic heterocycles. The van der Waals surface area contributed by atoms with E-state index in [1.54, 1.807) is 13.0 Å². The van der Waals surface area contributed by atoms with E-state index in [0.29, 0.717) is 40.3 Å². The molecule has 3 aliphatic heterocycles. The molecule has 7 rings (SSSR count). The number of carbonyl (C=O) groups is 1. The van der Waals surface area contributed by atoms with Gasteiger partial charge in [-0.3, -0.25) is 4.90 Å². The van der Waals surface area contributed by atoms with Gasteiger partial charge >= 0.3 is 11.8 Å². The smallest absolute Gasteiger partial charge is 0.346 e. The lowest BCUT2D eigenvalue weighted by molar-refractivity contribution is -0.0758. The van der Waals surface area contributed by atoms with Crippen LogP contribution in [0.2, 0.25) is 5.02 Å². The predicted octanol–water partition coefficient (Wildman–Crippen LogP) is 4.96. The van der Waals surface area contributed by atoms with Crippen molar-refractivity contribution in [2.75, 3.05) is 19.7 Å². The van der Waals surface area contributed by atoms with Crippen LogP contribution >= 0.6 is 22.9 Å². The normalized spacial score (nSPS) is 22.4. The van der Waals surface area contributed by atoms with Crippen LogP contribution in [-0.4, -0.2) is 61.3 Å². The van der Waals surface area contributed by atoms with Crippen molar-refractivity contribution >= 4 is 44.8 Å². The van der Waals surface area contributed by atoms with Gasteiger partial charge in [0.2, 0.25) is 5.82 Å². The van der Waals surface area contributed by atoms with Gasteiger partial charge < -0.3 is 23.9 Å². The number of thiophene rings is 1. The van der Waals surface area contributed by atoms with Gasteiger partial charge in [-0.1, -0.05) is 29.8 Å². The number of aromatic nitrogens is 4. The Balaban J connectivity index is 1.10. The maximum Gasteiger partial charge on any atom is 0.346 e. The first-order valence-electron chi connectivity index (χ1n) is 13.1. The summed E-state index contributed by atoms with van der Waals surface area (Å²) in [4.78, 5) is 28.4. The largest absolute Gasteiger partial charge is 0.477 e. The van der Waals surface area contributed by atoms with E-state index in [4.69, 9.17) is 30.8 Å². The SMILES string of the molecule is CC1(c2ncc(Cl)cn2)Oc2cccc(C3=CCN(Cc4nc5sc(C(=O)O)cc5n4CC4CCO4)CC3)c2O1. The number of halogens is 1. The first-order valence-corrected chi connectivity index (χ1v) is 14.3. The number of imidazole rings is 1. The molecule has 1 N–H and O–H groups in total. The van der Waals surface area contributed by atoms with E-state index in [0.717, 1.165) is 54.3 Å². The Morgan fingerprint density at radius 1 is 1.27 bits per heavy atom. The van der Waals surface area contributed by atoms with Crippen LogP contribution in [0.5, 0.6) is 11.5 Å². The average Bonchev–Trinajstić information content (AvgIpc) is 3.58. The zero-order chi connectivity index (χ0) is 27.4. The third kappa shape index (κ3) is 4.52. The molecule has 0 aliphatic carbocycles. The number of para-hydroxylation sites is 1. The van der Waals surface area contributed by atoms with Crippen molar-refractivity contribution in [1.29, 1.82) is 0 Å². The maximum absolute atomic E-state index is 11.5. The van der Waals surface area contributed by atoms with Gasteiger partial charge in [0.1, 0.15) is 15.5 Å². The fraction of sp³-hybridized carbons (Fsp3) is 0.357. The summed E-state index contributed by atoms with van der Waals surface area (Å²) in [6.07, 6.45) is 7.26. The topological polar surface area (TPSA) is 112 Å². The van der Waals surface area contributed by atoms with Crippen LogP contribution in [0.4, 0.5) is 0 Å². The molecule has 0 radical (unpaired) electrons. The Kier molecular flexibility index (Phi) is 6.26. The third-order valence-electron chi connectivity index (χ3n) is 7.53. The quantitative estimate of drug-likeness (QED) is 0.324. The second-order valence-corrected chi connectivity index (χ2v) is 11.7. The standard InChI is InChI=1S/C28H26ClN5O5S/c1-28(27-30-12-17(29)13-31-27)38-21-4-2-3-19(24(21)39-28)16-5-8-33(9-6-16)15-23-32-25-20(11-22(40-25)26(35)36)34(23)14-18-7-10-37-18/h2-5,11-13,18H,6-10,14-15H2,1H3,(H,35,36). The van der Waals surface area contributed by atoms with E-state index in [-0.39, 0.29) is 6.10 Å². The Morgan fingerprint density at radius 2 is 2.10 bits per heavy atom.